The zero-order chi connectivity index (χ0) is 12.9. The Morgan fingerprint density at radius 2 is 2.28 bits per heavy atom. The van der Waals surface area contributed by atoms with Gasteiger partial charge in [0.2, 0.25) is 0 Å². The van der Waals surface area contributed by atoms with Crippen LogP contribution in [0.4, 0.5) is 5.00 Å². The van der Waals surface area contributed by atoms with Crippen molar-refractivity contribution >= 4 is 28.2 Å². The maximum absolute atomic E-state index is 12.3. The second-order valence-corrected chi connectivity index (χ2v) is 5.20. The number of nitrogens with one attached hydrogen (secondary N) is 1. The van der Waals surface area contributed by atoms with Crippen LogP contribution in [0, 0.1) is 0 Å². The van der Waals surface area contributed by atoms with Crippen molar-refractivity contribution in [2.75, 3.05) is 12.3 Å². The third kappa shape index (κ3) is 1.40. The van der Waals surface area contributed by atoms with E-state index in [9.17, 15) is 9.59 Å². The average Bonchev–Trinajstić information content (AvgIpc) is 2.82. The van der Waals surface area contributed by atoms with E-state index in [1.54, 1.807) is 12.3 Å². The number of thiophene rings is 1. The average molecular weight is 269 g/mol. The lowest BCUT2D eigenvalue weighted by Crippen LogP contribution is -2.57. The quantitative estimate of drug-likeness (QED) is 0.721. The Bertz CT molecular complexity index is 535. The summed E-state index contributed by atoms with van der Waals surface area (Å²) in [5.74, 6) is -0.797. The molecule has 1 aromatic heterocycles. The van der Waals surface area contributed by atoms with Gasteiger partial charge in [-0.25, -0.2) is 9.74 Å². The third-order valence-corrected chi connectivity index (χ3v) is 3.94. The van der Waals surface area contributed by atoms with E-state index in [0.29, 0.717) is 23.6 Å². The largest absolute Gasteiger partial charge is 0.390 e. The predicted octanol–water partition coefficient (Wildman–Crippen LogP) is 0.499. The molecule has 96 valence electrons. The number of nitrogen functional groups attached to an aromatic ring is 1. The molecule has 3 rings (SSSR count). The highest BCUT2D eigenvalue weighted by Crippen LogP contribution is 2.38. The Labute approximate surface area is 106 Å². The molecule has 2 aliphatic rings. The molecule has 7 nitrogen and oxygen atoms in total. The second-order valence-electron chi connectivity index (χ2n) is 4.29. The molecular weight excluding hydrogens is 258 g/mol. The van der Waals surface area contributed by atoms with Crippen LogP contribution in [0.25, 0.3) is 0 Å². The lowest BCUT2D eigenvalue weighted by atomic mass is 10.1. The SMILES string of the molecule is C[C@]1(N2C(=O)c3csc(N)c3C2=O)CCONO1. The lowest BCUT2D eigenvalue weighted by Gasteiger charge is -2.38. The standard InChI is InChI=1S/C10H11N3O4S/c1-10(2-3-16-12-17-10)13-8(14)5-4-18-7(11)6(5)9(13)15/h4,12H,2-3,11H2,1H3/t10-/m1/s1. The molecule has 0 aromatic carbocycles. The van der Waals surface area contributed by atoms with Crippen LogP contribution in [0.2, 0.25) is 0 Å². The molecule has 0 radical (unpaired) electrons. The van der Waals surface area contributed by atoms with E-state index in [4.69, 9.17) is 15.4 Å². The molecule has 1 saturated heterocycles. The molecule has 1 aromatic rings. The molecule has 1 atom stereocenters. The van der Waals surface area contributed by atoms with Gasteiger partial charge in [0, 0.05) is 11.8 Å². The zero-order valence-electron chi connectivity index (χ0n) is 9.56. The van der Waals surface area contributed by atoms with Crippen LogP contribution in [0.1, 0.15) is 34.1 Å². The van der Waals surface area contributed by atoms with Crippen LogP contribution in [-0.4, -0.2) is 29.0 Å². The smallest absolute Gasteiger partial charge is 0.266 e. The molecule has 1 fully saturated rings. The number of fused-ring (bicyclic) bond motifs is 1. The van der Waals surface area contributed by atoms with Crippen LogP contribution in [0.3, 0.4) is 0 Å². The number of anilines is 1. The van der Waals surface area contributed by atoms with E-state index in [0.717, 1.165) is 4.90 Å². The minimum absolute atomic E-state index is 0.279. The summed E-state index contributed by atoms with van der Waals surface area (Å²) in [5.41, 5.74) is 7.53. The topological polar surface area (TPSA) is 93.9 Å². The number of carbonyl (C=O) groups excluding carboxylic acids is 2. The molecule has 2 amide bonds. The first-order valence-corrected chi connectivity index (χ1v) is 6.23. The molecule has 8 heteroatoms. The Hall–Kier alpha value is -1.48. The van der Waals surface area contributed by atoms with Gasteiger partial charge < -0.3 is 5.73 Å². The predicted molar refractivity (Wildman–Crippen MR) is 62.4 cm³/mol. The van der Waals surface area contributed by atoms with E-state index >= 15 is 0 Å². The van der Waals surface area contributed by atoms with Gasteiger partial charge in [-0.1, -0.05) is 5.64 Å². The van der Waals surface area contributed by atoms with Crippen LogP contribution in [0.5, 0.6) is 0 Å². The van der Waals surface area contributed by atoms with Crippen molar-refractivity contribution in [1.82, 2.24) is 10.5 Å². The van der Waals surface area contributed by atoms with Crippen molar-refractivity contribution in [3.63, 3.8) is 0 Å². The van der Waals surface area contributed by atoms with Crippen LogP contribution in [-0.2, 0) is 9.68 Å². The van der Waals surface area contributed by atoms with E-state index < -0.39 is 11.6 Å². The van der Waals surface area contributed by atoms with Crippen LogP contribution < -0.4 is 11.4 Å². The number of hydrogen-bond acceptors (Lipinski definition) is 7. The second kappa shape index (κ2) is 3.75. The van der Waals surface area contributed by atoms with Crippen molar-refractivity contribution in [1.29, 1.82) is 0 Å². The van der Waals surface area contributed by atoms with Crippen LogP contribution >= 0.6 is 11.3 Å². The summed E-state index contributed by atoms with van der Waals surface area (Å²) in [6, 6.07) is 0. The molecule has 2 aliphatic heterocycles. The van der Waals surface area contributed by atoms with Gasteiger partial charge in [0.25, 0.3) is 11.8 Å². The summed E-state index contributed by atoms with van der Waals surface area (Å²) in [7, 11) is 0. The molecular formula is C10H11N3O4S. The maximum Gasteiger partial charge on any atom is 0.266 e. The fourth-order valence-electron chi connectivity index (χ4n) is 2.11. The first-order chi connectivity index (χ1) is 8.54. The van der Waals surface area contributed by atoms with Crippen LogP contribution in [0.15, 0.2) is 5.38 Å². The van der Waals surface area contributed by atoms with Gasteiger partial charge in [0.15, 0.2) is 5.72 Å². The number of carbonyl (C=O) groups is 2. The fraction of sp³-hybridized carbons (Fsp3) is 0.400. The molecule has 0 unspecified atom stereocenters. The van der Waals surface area contributed by atoms with E-state index in [2.05, 4.69) is 5.64 Å². The Balaban J connectivity index is 2.01. The van der Waals surface area contributed by atoms with E-state index in [1.165, 1.54) is 11.3 Å². The third-order valence-electron chi connectivity index (χ3n) is 3.13. The molecule has 0 aliphatic carbocycles. The van der Waals surface area contributed by atoms with Crippen molar-refractivity contribution in [3.8, 4) is 0 Å². The number of nitrogens with two attached hydrogens (primary N) is 1. The number of amides is 2. The highest BCUT2D eigenvalue weighted by molar-refractivity contribution is 7.14. The van der Waals surface area contributed by atoms with E-state index in [1.807, 2.05) is 0 Å². The lowest BCUT2D eigenvalue weighted by molar-refractivity contribution is -0.302. The fourth-order valence-corrected chi connectivity index (χ4v) is 2.89. The molecule has 3 N–H and O–H groups in total. The Kier molecular flexibility index (Phi) is 2.42. The minimum Gasteiger partial charge on any atom is -0.390 e. The normalized spacial score (nSPS) is 27.7. The molecule has 18 heavy (non-hydrogen) atoms. The summed E-state index contributed by atoms with van der Waals surface area (Å²) in [6.45, 7) is 2.00. The van der Waals surface area contributed by atoms with Crippen molar-refractivity contribution in [2.24, 2.45) is 0 Å². The Morgan fingerprint density at radius 1 is 1.50 bits per heavy atom. The first kappa shape index (κ1) is 11.6. The summed E-state index contributed by atoms with van der Waals surface area (Å²) >= 11 is 1.19. The number of hydrogen-bond donors (Lipinski definition) is 2. The van der Waals surface area contributed by atoms with Crippen molar-refractivity contribution < 1.29 is 19.3 Å². The van der Waals surface area contributed by atoms with Gasteiger partial charge in [-0.3, -0.25) is 14.4 Å². The van der Waals surface area contributed by atoms with Gasteiger partial charge in [-0.05, 0) is 6.92 Å². The summed E-state index contributed by atoms with van der Waals surface area (Å²) in [4.78, 5) is 35.6. The molecule has 0 bridgehead atoms. The van der Waals surface area contributed by atoms with Gasteiger partial charge >= 0.3 is 0 Å². The Morgan fingerprint density at radius 3 is 2.89 bits per heavy atom. The van der Waals surface area contributed by atoms with Crippen molar-refractivity contribution in [3.05, 3.63) is 16.5 Å². The highest BCUT2D eigenvalue weighted by Gasteiger charge is 2.50. The van der Waals surface area contributed by atoms with Gasteiger partial charge in [-0.2, -0.15) is 0 Å². The molecule has 3 heterocycles. The number of rotatable bonds is 1. The summed E-state index contributed by atoms with van der Waals surface area (Å²) in [6.07, 6.45) is 0.394. The maximum atomic E-state index is 12.3. The van der Waals surface area contributed by atoms with Gasteiger partial charge in [-0.15, -0.1) is 11.3 Å². The molecule has 0 saturated carbocycles. The highest BCUT2D eigenvalue weighted by atomic mass is 32.1. The summed E-state index contributed by atoms with van der Waals surface area (Å²) < 4.78 is 0. The summed E-state index contributed by atoms with van der Waals surface area (Å²) in [5, 5.41) is 1.95. The van der Waals surface area contributed by atoms with Gasteiger partial charge in [0.05, 0.1) is 22.7 Å². The number of imide groups is 1. The monoisotopic (exact) mass is 269 g/mol. The van der Waals surface area contributed by atoms with Gasteiger partial charge in [0.1, 0.15) is 0 Å². The minimum atomic E-state index is -1.06. The number of nitrogens with zero attached hydrogens (tertiary/aromatic N) is 1. The van der Waals surface area contributed by atoms with Crippen molar-refractivity contribution in [2.45, 2.75) is 19.1 Å². The van der Waals surface area contributed by atoms with E-state index in [-0.39, 0.29) is 11.5 Å². The first-order valence-electron chi connectivity index (χ1n) is 5.35. The molecule has 0 spiro atoms. The zero-order valence-corrected chi connectivity index (χ0v) is 10.4.